The van der Waals surface area contributed by atoms with E-state index in [0.29, 0.717) is 7.25 Å². The van der Waals surface area contributed by atoms with Crippen LogP contribution in [0.1, 0.15) is 64.2 Å². The molecule has 1 heteroatoms. The first-order valence-corrected chi connectivity index (χ1v) is 18.4. The topological polar surface area (TPSA) is 0 Å². The molecule has 5 aromatic carbocycles. The molecule has 0 aliphatic heterocycles. The molecule has 0 fully saturated rings. The van der Waals surface area contributed by atoms with Crippen LogP contribution in [0, 0.1) is 20.8 Å². The van der Waals surface area contributed by atoms with Crippen LogP contribution in [0.4, 0.5) is 0 Å². The molecule has 2 aliphatic rings. The van der Waals surface area contributed by atoms with E-state index in [2.05, 4.69) is 149 Å². The number of hydrogen-bond donors (Lipinski definition) is 0. The fourth-order valence-corrected chi connectivity index (χ4v) is 17.3. The van der Waals surface area contributed by atoms with Crippen LogP contribution in [0.2, 0.25) is 0 Å². The maximum atomic E-state index is 2.65. The van der Waals surface area contributed by atoms with Crippen molar-refractivity contribution < 1.29 is 21.3 Å². The van der Waals surface area contributed by atoms with Crippen molar-refractivity contribution in [3.05, 3.63) is 171 Å². The summed E-state index contributed by atoms with van der Waals surface area (Å²) in [6, 6.07) is 44.0. The average molecular weight is 594 g/mol. The van der Waals surface area contributed by atoms with Crippen LogP contribution in [0.25, 0.3) is 16.7 Å². The van der Waals surface area contributed by atoms with Gasteiger partial charge < -0.3 is 0 Å². The van der Waals surface area contributed by atoms with Gasteiger partial charge in [0.2, 0.25) is 0 Å². The molecule has 1 atom stereocenters. The predicted octanol–water partition coefficient (Wildman–Crippen LogP) is 9.73. The van der Waals surface area contributed by atoms with Crippen LogP contribution in [-0.4, -0.2) is 3.21 Å². The molecular weight excluding hydrogens is 560 g/mol. The van der Waals surface area contributed by atoms with Crippen molar-refractivity contribution in [2.45, 2.75) is 34.9 Å². The molecule has 194 valence electrons. The first kappa shape index (κ1) is 25.6. The van der Waals surface area contributed by atoms with Gasteiger partial charge in [0, 0.05) is 0 Å². The van der Waals surface area contributed by atoms with E-state index in [4.69, 9.17) is 0 Å². The third kappa shape index (κ3) is 4.18. The quantitative estimate of drug-likeness (QED) is 0.195. The molecule has 2 aliphatic carbocycles. The molecule has 0 saturated carbocycles. The van der Waals surface area contributed by atoms with Crippen LogP contribution in [0.3, 0.4) is 0 Å². The molecule has 0 nitrogen and oxygen atoms in total. The zero-order valence-corrected chi connectivity index (χ0v) is 26.2. The Kier molecular flexibility index (Phi) is 6.52. The molecule has 0 aromatic heterocycles. The zero-order valence-electron chi connectivity index (χ0n) is 23.7. The number of allylic oxidation sites excluding steroid dienone is 2. The Hall–Kier alpha value is -3.41. The Labute approximate surface area is 246 Å². The predicted molar refractivity (Wildman–Crippen MR) is 167 cm³/mol. The van der Waals surface area contributed by atoms with Crippen molar-refractivity contribution in [3.63, 3.8) is 0 Å². The SMILES string of the molecule is CC1=C[CH]([Zr](=[C](c2ccccc2)c2ccccc2)[CH]2c3cc(C)ccc3-c3ccc(C)cc32)c2cccc(C)c21. The van der Waals surface area contributed by atoms with Crippen molar-refractivity contribution in [1.82, 2.24) is 0 Å². The van der Waals surface area contributed by atoms with Crippen LogP contribution in [0.5, 0.6) is 0 Å². The molecule has 0 heterocycles. The molecule has 5 aromatic rings. The van der Waals surface area contributed by atoms with Gasteiger partial charge in [-0.3, -0.25) is 0 Å². The molecule has 1 unspecified atom stereocenters. The van der Waals surface area contributed by atoms with Gasteiger partial charge in [-0.2, -0.15) is 0 Å². The Morgan fingerprint density at radius 1 is 0.550 bits per heavy atom. The van der Waals surface area contributed by atoms with Crippen molar-refractivity contribution in [1.29, 1.82) is 0 Å². The van der Waals surface area contributed by atoms with E-state index >= 15 is 0 Å². The summed E-state index contributed by atoms with van der Waals surface area (Å²) >= 11 is -2.75. The number of aryl methyl sites for hydroxylation is 3. The summed E-state index contributed by atoms with van der Waals surface area (Å²) in [5.41, 5.74) is 17.3. The number of hydrogen-bond acceptors (Lipinski definition) is 0. The van der Waals surface area contributed by atoms with Crippen molar-refractivity contribution in [2.24, 2.45) is 0 Å². The Bertz CT molecular complexity index is 1730. The van der Waals surface area contributed by atoms with E-state index in [1.807, 2.05) is 0 Å². The zero-order chi connectivity index (χ0) is 27.4. The minimum absolute atomic E-state index is 0.433. The van der Waals surface area contributed by atoms with Crippen LogP contribution < -0.4 is 0 Å². The van der Waals surface area contributed by atoms with Crippen LogP contribution in [-0.2, 0) is 21.3 Å². The van der Waals surface area contributed by atoms with Crippen LogP contribution >= 0.6 is 0 Å². The van der Waals surface area contributed by atoms with Crippen LogP contribution in [0.15, 0.2) is 121 Å². The molecule has 0 amide bonds. The van der Waals surface area contributed by atoms with E-state index in [-0.39, 0.29) is 0 Å². The van der Waals surface area contributed by atoms with Gasteiger partial charge in [-0.25, -0.2) is 0 Å². The fraction of sp³-hybridized carbons (Fsp3) is 0.154. The maximum absolute atomic E-state index is 2.75. The second-order valence-corrected chi connectivity index (χ2v) is 18.0. The van der Waals surface area contributed by atoms with E-state index in [9.17, 15) is 0 Å². The summed E-state index contributed by atoms with van der Waals surface area (Å²) in [5, 5.41) is 0. The standard InChI is InChI=1S/C15H13.C13H10.C11H11.Zr/c1-10-3-5-14-12(7-10)9-13-8-11(2)4-6-15(13)14;1-3-7-12(8-4-1)11-13-9-5-2-6-10-13;1-8-4-3-5-10-7-6-9(2)11(8)10;/h3-9H,1-2H3;1-10H;3-7H,1-2H3;. The van der Waals surface area contributed by atoms with Gasteiger partial charge >= 0.3 is 248 Å². The third-order valence-corrected chi connectivity index (χ3v) is 17.6. The summed E-state index contributed by atoms with van der Waals surface area (Å²) in [5.74, 6) is 0. The van der Waals surface area contributed by atoms with Crippen molar-refractivity contribution in [2.75, 3.05) is 0 Å². The fourth-order valence-electron chi connectivity index (χ4n) is 7.19. The van der Waals surface area contributed by atoms with E-state index in [0.717, 1.165) is 0 Å². The second kappa shape index (κ2) is 10.2. The second-order valence-electron chi connectivity index (χ2n) is 11.5. The van der Waals surface area contributed by atoms with E-state index < -0.39 is 21.3 Å². The molecule has 7 rings (SSSR count). The van der Waals surface area contributed by atoms with E-state index in [1.54, 1.807) is 19.9 Å². The molecule has 0 radical (unpaired) electrons. The summed E-state index contributed by atoms with van der Waals surface area (Å²) in [6.07, 6.45) is 2.65. The summed E-state index contributed by atoms with van der Waals surface area (Å²) in [7, 11) is 0. The first-order valence-electron chi connectivity index (χ1n) is 14.4. The molecule has 0 spiro atoms. The molecule has 0 N–H and O–H groups in total. The first-order chi connectivity index (χ1) is 19.5. The molecule has 0 bridgehead atoms. The van der Waals surface area contributed by atoms with E-state index in [1.165, 1.54) is 50.1 Å². The van der Waals surface area contributed by atoms with Crippen molar-refractivity contribution in [3.8, 4) is 11.1 Å². The Morgan fingerprint density at radius 2 is 1.10 bits per heavy atom. The molecule has 0 saturated heterocycles. The van der Waals surface area contributed by atoms with Gasteiger partial charge in [-0.05, 0) is 0 Å². The number of fused-ring (bicyclic) bond motifs is 4. The normalized spacial score (nSPS) is 15.3. The average Bonchev–Trinajstić information content (AvgIpc) is 3.47. The Morgan fingerprint density at radius 3 is 1.65 bits per heavy atom. The summed E-state index contributed by atoms with van der Waals surface area (Å²) in [4.78, 5) is 0. The molecular formula is C39H34Zr. The monoisotopic (exact) mass is 592 g/mol. The van der Waals surface area contributed by atoms with Gasteiger partial charge in [-0.1, -0.05) is 0 Å². The summed E-state index contributed by atoms with van der Waals surface area (Å²) in [6.45, 7) is 9.13. The Balaban J connectivity index is 1.64. The van der Waals surface area contributed by atoms with Gasteiger partial charge in [-0.15, -0.1) is 0 Å². The summed E-state index contributed by atoms with van der Waals surface area (Å²) < 4.78 is 2.51. The van der Waals surface area contributed by atoms with Gasteiger partial charge in [0.1, 0.15) is 0 Å². The van der Waals surface area contributed by atoms with Gasteiger partial charge in [0.05, 0.1) is 0 Å². The number of benzene rings is 5. The third-order valence-electron chi connectivity index (χ3n) is 8.84. The van der Waals surface area contributed by atoms with Gasteiger partial charge in [0.25, 0.3) is 0 Å². The number of rotatable bonds is 4. The minimum atomic E-state index is -2.75. The van der Waals surface area contributed by atoms with Crippen molar-refractivity contribution >= 4 is 8.78 Å². The molecule has 40 heavy (non-hydrogen) atoms. The van der Waals surface area contributed by atoms with Gasteiger partial charge in [0.15, 0.2) is 0 Å².